The number of hydrogen-bond acceptors (Lipinski definition) is 7. The van der Waals surface area contributed by atoms with Crippen molar-refractivity contribution in [1.82, 2.24) is 10.2 Å². The summed E-state index contributed by atoms with van der Waals surface area (Å²) in [5.74, 6) is 0.145. The van der Waals surface area contributed by atoms with Crippen molar-refractivity contribution in [3.8, 4) is 17.2 Å². The van der Waals surface area contributed by atoms with Gasteiger partial charge in [-0.1, -0.05) is 24.2 Å². The van der Waals surface area contributed by atoms with E-state index in [0.717, 1.165) is 0 Å². The van der Waals surface area contributed by atoms with Crippen LogP contribution in [0.3, 0.4) is 0 Å². The Labute approximate surface area is 156 Å². The summed E-state index contributed by atoms with van der Waals surface area (Å²) in [6, 6.07) is 12.8. The van der Waals surface area contributed by atoms with E-state index in [1.165, 1.54) is 19.2 Å². The molecule has 1 aromatic heterocycles. The zero-order valence-electron chi connectivity index (χ0n) is 14.7. The first-order valence-corrected chi connectivity index (χ1v) is 9.71. The van der Waals surface area contributed by atoms with E-state index in [0.29, 0.717) is 16.9 Å². The quantitative estimate of drug-likeness (QED) is 0.692. The molecule has 1 N–H and O–H groups in total. The summed E-state index contributed by atoms with van der Waals surface area (Å²) in [5, 5.41) is 10.2. The van der Waals surface area contributed by atoms with Crippen LogP contribution in [-0.2, 0) is 9.84 Å². The Bertz CT molecular complexity index is 1060. The highest BCUT2D eigenvalue weighted by atomic mass is 32.2. The second-order valence-corrected chi connectivity index (χ2v) is 7.77. The molecule has 3 rings (SSSR count). The van der Waals surface area contributed by atoms with Crippen LogP contribution in [0.15, 0.2) is 57.8 Å². The topological polar surface area (TPSA) is 111 Å². The van der Waals surface area contributed by atoms with E-state index in [9.17, 15) is 13.2 Å². The summed E-state index contributed by atoms with van der Waals surface area (Å²) < 4.78 is 34.3. The number of nitrogens with zero attached hydrogens (tertiary/aromatic N) is 2. The summed E-state index contributed by atoms with van der Waals surface area (Å²) in [7, 11) is -1.81. The number of ether oxygens (including phenoxy) is 1. The third-order valence-electron chi connectivity index (χ3n) is 3.84. The fourth-order valence-electron chi connectivity index (χ4n) is 2.36. The van der Waals surface area contributed by atoms with E-state index < -0.39 is 15.7 Å². The molecule has 9 heteroatoms. The van der Waals surface area contributed by atoms with Crippen LogP contribution in [0.2, 0.25) is 0 Å². The lowest BCUT2D eigenvalue weighted by atomic mass is 10.2. The summed E-state index contributed by atoms with van der Waals surface area (Å²) in [6.07, 6.45) is 0. The van der Waals surface area contributed by atoms with Crippen molar-refractivity contribution in [3.63, 3.8) is 0 Å². The standard InChI is InChI=1S/C18H17N3O5S/c1-3-27(23,24)13-10-8-12(9-11-13)17-20-21-18(26-17)19-16(22)14-6-4-5-7-15(14)25-2/h4-11H,3H2,1-2H3,(H,19,21,22). The number of aromatic nitrogens is 2. The van der Waals surface area contributed by atoms with Crippen LogP contribution in [0.5, 0.6) is 5.75 Å². The second-order valence-electron chi connectivity index (χ2n) is 5.49. The Kier molecular flexibility index (Phi) is 5.22. The molecule has 0 fully saturated rings. The van der Waals surface area contributed by atoms with Gasteiger partial charge in [0, 0.05) is 5.56 Å². The van der Waals surface area contributed by atoms with E-state index in [4.69, 9.17) is 9.15 Å². The highest BCUT2D eigenvalue weighted by molar-refractivity contribution is 7.91. The zero-order chi connectivity index (χ0) is 19.4. The van der Waals surface area contributed by atoms with Gasteiger partial charge in [-0.05, 0) is 36.4 Å². The van der Waals surface area contributed by atoms with Crippen LogP contribution >= 0.6 is 0 Å². The second kappa shape index (κ2) is 7.58. The predicted molar refractivity (Wildman–Crippen MR) is 98.4 cm³/mol. The van der Waals surface area contributed by atoms with Crippen molar-refractivity contribution < 1.29 is 22.4 Å². The third kappa shape index (κ3) is 3.98. The van der Waals surface area contributed by atoms with Crippen molar-refractivity contribution in [1.29, 1.82) is 0 Å². The molecule has 0 radical (unpaired) electrons. The van der Waals surface area contributed by atoms with Crippen molar-refractivity contribution >= 4 is 21.8 Å². The smallest absolute Gasteiger partial charge is 0.322 e. The number of para-hydroxylation sites is 1. The Balaban J connectivity index is 1.78. The maximum atomic E-state index is 12.3. The fourth-order valence-corrected chi connectivity index (χ4v) is 3.24. The first-order valence-electron chi connectivity index (χ1n) is 8.05. The van der Waals surface area contributed by atoms with Crippen LogP contribution in [0.4, 0.5) is 6.01 Å². The van der Waals surface area contributed by atoms with Gasteiger partial charge in [-0.3, -0.25) is 10.1 Å². The summed E-state index contributed by atoms with van der Waals surface area (Å²) in [5.41, 5.74) is 0.865. The Morgan fingerprint density at radius 1 is 1.11 bits per heavy atom. The lowest BCUT2D eigenvalue weighted by molar-refractivity contribution is 0.102. The van der Waals surface area contributed by atoms with Gasteiger partial charge in [0.05, 0.1) is 23.3 Å². The Morgan fingerprint density at radius 3 is 2.48 bits per heavy atom. The number of hydrogen-bond donors (Lipinski definition) is 1. The Hall–Kier alpha value is -3.20. The number of carbonyl (C=O) groups is 1. The number of sulfone groups is 1. The van der Waals surface area contributed by atoms with Crippen LogP contribution < -0.4 is 10.1 Å². The fraction of sp³-hybridized carbons (Fsp3) is 0.167. The minimum Gasteiger partial charge on any atom is -0.496 e. The zero-order valence-corrected chi connectivity index (χ0v) is 15.5. The summed E-state index contributed by atoms with van der Waals surface area (Å²) >= 11 is 0. The molecule has 0 spiro atoms. The molecule has 0 unspecified atom stereocenters. The first-order chi connectivity index (χ1) is 12.9. The molecule has 1 amide bonds. The predicted octanol–water partition coefficient (Wildman–Crippen LogP) is 2.79. The van der Waals surface area contributed by atoms with Crippen LogP contribution in [0.25, 0.3) is 11.5 Å². The van der Waals surface area contributed by atoms with E-state index in [1.807, 2.05) is 0 Å². The van der Waals surface area contributed by atoms with Crippen molar-refractivity contribution in [2.45, 2.75) is 11.8 Å². The van der Waals surface area contributed by atoms with Crippen LogP contribution in [-0.4, -0.2) is 37.4 Å². The number of benzene rings is 2. The monoisotopic (exact) mass is 387 g/mol. The largest absolute Gasteiger partial charge is 0.496 e. The highest BCUT2D eigenvalue weighted by Crippen LogP contribution is 2.23. The molecule has 0 bridgehead atoms. The van der Waals surface area contributed by atoms with Gasteiger partial charge in [-0.25, -0.2) is 8.42 Å². The maximum absolute atomic E-state index is 12.3. The number of nitrogens with one attached hydrogen (secondary N) is 1. The minimum atomic E-state index is -3.28. The lowest BCUT2D eigenvalue weighted by Gasteiger charge is -2.06. The molecular weight excluding hydrogens is 370 g/mol. The molecule has 0 atom stereocenters. The first kappa shape index (κ1) is 18.6. The van der Waals surface area contributed by atoms with Gasteiger partial charge in [0.25, 0.3) is 5.91 Å². The molecule has 0 aliphatic carbocycles. The summed E-state index contributed by atoms with van der Waals surface area (Å²) in [4.78, 5) is 12.6. The molecule has 0 aliphatic rings. The molecule has 3 aromatic rings. The molecular formula is C18H17N3O5S. The van der Waals surface area contributed by atoms with Gasteiger partial charge in [0.2, 0.25) is 5.89 Å². The van der Waals surface area contributed by atoms with Gasteiger partial charge in [0.15, 0.2) is 9.84 Å². The van der Waals surface area contributed by atoms with Crippen LogP contribution in [0, 0.1) is 0 Å². The van der Waals surface area contributed by atoms with Crippen LogP contribution in [0.1, 0.15) is 17.3 Å². The number of methoxy groups -OCH3 is 1. The SMILES string of the molecule is CCS(=O)(=O)c1ccc(-c2nnc(NC(=O)c3ccccc3OC)o2)cc1. The van der Waals surface area contributed by atoms with Gasteiger partial charge in [0.1, 0.15) is 5.75 Å². The molecule has 140 valence electrons. The van der Waals surface area contributed by atoms with E-state index in [-0.39, 0.29) is 22.6 Å². The van der Waals surface area contributed by atoms with Crippen molar-refractivity contribution in [2.24, 2.45) is 0 Å². The number of anilines is 1. The Morgan fingerprint density at radius 2 is 1.81 bits per heavy atom. The van der Waals surface area contributed by atoms with Gasteiger partial charge in [-0.2, -0.15) is 0 Å². The number of rotatable bonds is 6. The van der Waals surface area contributed by atoms with E-state index in [1.54, 1.807) is 43.3 Å². The molecule has 0 saturated heterocycles. The van der Waals surface area contributed by atoms with Gasteiger partial charge >= 0.3 is 6.01 Å². The normalized spacial score (nSPS) is 11.2. The maximum Gasteiger partial charge on any atom is 0.322 e. The average Bonchev–Trinajstić information content (AvgIpc) is 3.16. The number of amides is 1. The highest BCUT2D eigenvalue weighted by Gasteiger charge is 2.17. The van der Waals surface area contributed by atoms with E-state index in [2.05, 4.69) is 15.5 Å². The van der Waals surface area contributed by atoms with Crippen molar-refractivity contribution in [2.75, 3.05) is 18.2 Å². The number of carbonyl (C=O) groups excluding carboxylic acids is 1. The van der Waals surface area contributed by atoms with Gasteiger partial charge in [-0.15, -0.1) is 5.10 Å². The minimum absolute atomic E-state index is 0.0199. The molecule has 8 nitrogen and oxygen atoms in total. The summed E-state index contributed by atoms with van der Waals surface area (Å²) in [6.45, 7) is 1.58. The molecule has 0 aliphatic heterocycles. The molecule has 2 aromatic carbocycles. The van der Waals surface area contributed by atoms with E-state index >= 15 is 0 Å². The average molecular weight is 387 g/mol. The molecule has 27 heavy (non-hydrogen) atoms. The van der Waals surface area contributed by atoms with Crippen molar-refractivity contribution in [3.05, 3.63) is 54.1 Å². The van der Waals surface area contributed by atoms with Gasteiger partial charge < -0.3 is 9.15 Å². The third-order valence-corrected chi connectivity index (χ3v) is 5.59. The molecule has 0 saturated carbocycles. The lowest BCUT2D eigenvalue weighted by Crippen LogP contribution is -2.13. The molecule has 1 heterocycles.